The summed E-state index contributed by atoms with van der Waals surface area (Å²) >= 11 is 0. The molecule has 0 atom stereocenters. The number of pyridine rings is 1. The normalized spacial score (nSPS) is 10.4. The molecule has 0 aliphatic carbocycles. The smallest absolute Gasteiger partial charge is 0.406 e. The van der Waals surface area contributed by atoms with Gasteiger partial charge in [-0.05, 0) is 19.8 Å². The van der Waals surface area contributed by atoms with E-state index < -0.39 is 7.05 Å². The topological polar surface area (TPSA) is 57.5 Å². The first-order valence-corrected chi connectivity index (χ1v) is 4.11. The van der Waals surface area contributed by atoms with Gasteiger partial charge >= 0.3 is 7.05 Å². The molecule has 0 bridgehead atoms. The number of aromatic nitrogens is 1. The highest BCUT2D eigenvalue weighted by Gasteiger charge is 2.05. The van der Waals surface area contributed by atoms with Crippen molar-refractivity contribution in [3.05, 3.63) is 18.5 Å². The van der Waals surface area contributed by atoms with Crippen molar-refractivity contribution in [1.29, 1.82) is 0 Å². The van der Waals surface area contributed by atoms with Gasteiger partial charge in [0.25, 0.3) is 0 Å². The molecule has 0 aliphatic rings. The molecule has 0 aliphatic heterocycles. The maximum Gasteiger partial charge on any atom is 0.406 e. The third-order valence-electron chi connectivity index (χ3n) is 1.43. The second kappa shape index (κ2) is 4.62. The minimum Gasteiger partial charge on any atom is -0.433 e. The van der Waals surface area contributed by atoms with Crippen LogP contribution in [0.4, 0.5) is 11.4 Å². The number of anilines is 1. The van der Waals surface area contributed by atoms with Crippen LogP contribution in [0.3, 0.4) is 0 Å². The molecule has 0 unspecified atom stereocenters. The van der Waals surface area contributed by atoms with Crippen LogP contribution in [0.15, 0.2) is 23.5 Å². The highest BCUT2D eigenvalue weighted by Crippen LogP contribution is 2.22. The van der Waals surface area contributed by atoms with Crippen molar-refractivity contribution in [2.75, 3.05) is 5.23 Å². The zero-order valence-corrected chi connectivity index (χ0v) is 7.73. The largest absolute Gasteiger partial charge is 0.433 e. The number of nitrogens with one attached hydrogen (secondary N) is 1. The molecule has 4 nitrogen and oxygen atoms in total. The number of nitrogens with zero attached hydrogens (tertiary/aromatic N) is 2. The van der Waals surface area contributed by atoms with Crippen molar-refractivity contribution in [2.24, 2.45) is 4.99 Å². The number of hydrogen-bond acceptors (Lipinski definition) is 4. The zero-order chi connectivity index (χ0) is 9.68. The minimum atomic E-state index is -0.590. The fraction of sp³-hybridized carbons (Fsp3) is 0.250. The van der Waals surface area contributed by atoms with Crippen molar-refractivity contribution >= 4 is 24.6 Å². The molecule has 0 saturated heterocycles. The zero-order valence-electron chi connectivity index (χ0n) is 7.73. The van der Waals surface area contributed by atoms with Crippen LogP contribution in [0.25, 0.3) is 0 Å². The summed E-state index contributed by atoms with van der Waals surface area (Å²) in [6, 6.07) is 1.77. The number of hydrogen-bond donors (Lipinski definition) is 2. The van der Waals surface area contributed by atoms with Gasteiger partial charge in [-0.15, -0.1) is 0 Å². The van der Waals surface area contributed by atoms with Gasteiger partial charge in [0.15, 0.2) is 0 Å². The monoisotopic (exact) mass is 177 g/mol. The van der Waals surface area contributed by atoms with Gasteiger partial charge in [-0.1, -0.05) is 0 Å². The van der Waals surface area contributed by atoms with Crippen molar-refractivity contribution in [1.82, 2.24) is 4.98 Å². The van der Waals surface area contributed by atoms with E-state index >= 15 is 0 Å². The van der Waals surface area contributed by atoms with Crippen molar-refractivity contribution in [3.8, 4) is 0 Å². The summed E-state index contributed by atoms with van der Waals surface area (Å²) in [5.74, 6) is 0. The van der Waals surface area contributed by atoms with Crippen LogP contribution in [0, 0.1) is 0 Å². The molecule has 68 valence electrons. The summed E-state index contributed by atoms with van der Waals surface area (Å²) in [7, 11) is -0.590. The molecule has 1 heterocycles. The van der Waals surface area contributed by atoms with Crippen LogP contribution in [0.5, 0.6) is 0 Å². The Balaban J connectivity index is 2.90. The third-order valence-corrected chi connectivity index (χ3v) is 1.43. The SMILES string of the molecule is CC=Nc1cnccc1NB(C)O. The summed E-state index contributed by atoms with van der Waals surface area (Å²) in [6.07, 6.45) is 4.98. The summed E-state index contributed by atoms with van der Waals surface area (Å²) in [4.78, 5) is 8.03. The second-order valence-electron chi connectivity index (χ2n) is 2.60. The summed E-state index contributed by atoms with van der Waals surface area (Å²) in [5, 5.41) is 12.0. The van der Waals surface area contributed by atoms with E-state index in [1.807, 2.05) is 6.92 Å². The highest BCUT2D eigenvalue weighted by molar-refractivity contribution is 6.53. The van der Waals surface area contributed by atoms with Crippen molar-refractivity contribution in [3.63, 3.8) is 0 Å². The van der Waals surface area contributed by atoms with E-state index in [-0.39, 0.29) is 0 Å². The van der Waals surface area contributed by atoms with Crippen molar-refractivity contribution in [2.45, 2.75) is 13.7 Å². The quantitative estimate of drug-likeness (QED) is 0.540. The van der Waals surface area contributed by atoms with Crippen LogP contribution in [0.1, 0.15) is 6.92 Å². The Morgan fingerprint density at radius 3 is 3.08 bits per heavy atom. The fourth-order valence-electron chi connectivity index (χ4n) is 0.975. The van der Waals surface area contributed by atoms with Crippen LogP contribution in [0.2, 0.25) is 6.82 Å². The third kappa shape index (κ3) is 2.87. The van der Waals surface area contributed by atoms with Crippen LogP contribution >= 0.6 is 0 Å². The Morgan fingerprint density at radius 1 is 1.69 bits per heavy atom. The molecular formula is C8H12BN3O. The number of rotatable bonds is 3. The molecule has 0 radical (unpaired) electrons. The molecule has 0 fully saturated rings. The van der Waals surface area contributed by atoms with E-state index in [0.717, 1.165) is 11.4 Å². The van der Waals surface area contributed by atoms with E-state index in [2.05, 4.69) is 15.2 Å². The lowest BCUT2D eigenvalue weighted by Gasteiger charge is -2.07. The van der Waals surface area contributed by atoms with Gasteiger partial charge in [0.1, 0.15) is 5.69 Å². The Hall–Kier alpha value is -1.36. The number of aliphatic imine (C=N–C) groups is 1. The average molecular weight is 177 g/mol. The van der Waals surface area contributed by atoms with E-state index in [1.54, 1.807) is 31.5 Å². The van der Waals surface area contributed by atoms with E-state index in [1.165, 1.54) is 0 Å². The predicted molar refractivity (Wildman–Crippen MR) is 55.5 cm³/mol. The highest BCUT2D eigenvalue weighted by atomic mass is 16.2. The Labute approximate surface area is 77.9 Å². The summed E-state index contributed by atoms with van der Waals surface area (Å²) in [6.45, 7) is 3.49. The summed E-state index contributed by atoms with van der Waals surface area (Å²) < 4.78 is 0. The minimum absolute atomic E-state index is 0.590. The predicted octanol–water partition coefficient (Wildman–Crippen LogP) is 1.33. The van der Waals surface area contributed by atoms with E-state index in [4.69, 9.17) is 5.02 Å². The van der Waals surface area contributed by atoms with Gasteiger partial charge < -0.3 is 10.3 Å². The molecule has 13 heavy (non-hydrogen) atoms. The molecule has 2 N–H and O–H groups in total. The van der Waals surface area contributed by atoms with E-state index in [9.17, 15) is 0 Å². The molecule has 0 saturated carbocycles. The van der Waals surface area contributed by atoms with Gasteiger partial charge in [0.05, 0.1) is 11.9 Å². The molecule has 0 spiro atoms. The fourth-order valence-corrected chi connectivity index (χ4v) is 0.975. The standard InChI is InChI=1S/C8H12BN3O/c1-3-11-8-6-10-5-4-7(8)12-9(2)13/h3-6,13H,1-2H3,(H,10,12). The maximum atomic E-state index is 9.12. The maximum absolute atomic E-state index is 9.12. The Morgan fingerprint density at radius 2 is 2.46 bits per heavy atom. The van der Waals surface area contributed by atoms with Gasteiger partial charge in [-0.2, -0.15) is 0 Å². The lowest BCUT2D eigenvalue weighted by Crippen LogP contribution is -2.19. The molecule has 0 aromatic carbocycles. The Kier molecular flexibility index (Phi) is 3.46. The van der Waals surface area contributed by atoms with Crippen molar-refractivity contribution < 1.29 is 5.02 Å². The average Bonchev–Trinajstić information content (AvgIpc) is 2.08. The van der Waals surface area contributed by atoms with Crippen LogP contribution in [-0.4, -0.2) is 23.3 Å². The molecule has 5 heteroatoms. The van der Waals surface area contributed by atoms with Gasteiger partial charge in [0.2, 0.25) is 0 Å². The van der Waals surface area contributed by atoms with Crippen LogP contribution in [-0.2, 0) is 0 Å². The van der Waals surface area contributed by atoms with E-state index in [0.29, 0.717) is 0 Å². The molecule has 1 aromatic rings. The lowest BCUT2D eigenvalue weighted by atomic mass is 9.88. The molecule has 1 aromatic heterocycles. The molecular weight excluding hydrogens is 165 g/mol. The Bertz CT molecular complexity index is 301. The lowest BCUT2D eigenvalue weighted by molar-refractivity contribution is 0.587. The summed E-state index contributed by atoms with van der Waals surface area (Å²) in [5.41, 5.74) is 1.51. The van der Waals surface area contributed by atoms with Gasteiger partial charge in [0, 0.05) is 12.4 Å². The first-order chi connectivity index (χ1) is 6.24. The first kappa shape index (κ1) is 9.73. The first-order valence-electron chi connectivity index (χ1n) is 4.11. The molecule has 1 rings (SSSR count). The second-order valence-corrected chi connectivity index (χ2v) is 2.60. The molecule has 0 amide bonds. The van der Waals surface area contributed by atoms with Gasteiger partial charge in [-0.25, -0.2) is 0 Å². The van der Waals surface area contributed by atoms with Gasteiger partial charge in [-0.3, -0.25) is 9.98 Å². The van der Waals surface area contributed by atoms with Crippen LogP contribution < -0.4 is 5.23 Å².